The van der Waals surface area contributed by atoms with Crippen molar-refractivity contribution in [2.75, 3.05) is 23.3 Å². The predicted molar refractivity (Wildman–Crippen MR) is 107 cm³/mol. The Kier molecular flexibility index (Phi) is 4.78. The molecule has 5 nitrogen and oxygen atoms in total. The lowest BCUT2D eigenvalue weighted by atomic mass is 9.97. The number of aryl methyl sites for hydroxylation is 1. The van der Waals surface area contributed by atoms with Crippen molar-refractivity contribution in [1.82, 2.24) is 9.97 Å². The van der Waals surface area contributed by atoms with Gasteiger partial charge < -0.3 is 10.2 Å². The highest BCUT2D eigenvalue weighted by Gasteiger charge is 2.28. The lowest BCUT2D eigenvalue weighted by Gasteiger charge is -2.31. The molecule has 1 N–H and O–H groups in total. The topological polar surface area (TPSA) is 58.1 Å². The van der Waals surface area contributed by atoms with E-state index in [0.29, 0.717) is 17.3 Å². The van der Waals surface area contributed by atoms with Gasteiger partial charge >= 0.3 is 0 Å². The van der Waals surface area contributed by atoms with Crippen LogP contribution in [0.15, 0.2) is 36.5 Å². The van der Waals surface area contributed by atoms with E-state index in [1.54, 1.807) is 17.5 Å². The fourth-order valence-corrected chi connectivity index (χ4v) is 4.44. The van der Waals surface area contributed by atoms with Gasteiger partial charge in [-0.3, -0.25) is 4.79 Å². The van der Waals surface area contributed by atoms with E-state index in [9.17, 15) is 4.79 Å². The summed E-state index contributed by atoms with van der Waals surface area (Å²) >= 11 is 7.82. The molecule has 26 heavy (non-hydrogen) atoms. The number of benzene rings is 1. The number of piperidine rings is 1. The minimum absolute atomic E-state index is 0.0136. The first-order chi connectivity index (χ1) is 12.6. The average Bonchev–Trinajstić information content (AvgIpc) is 3.08. The number of thiazole rings is 1. The van der Waals surface area contributed by atoms with Crippen LogP contribution < -0.4 is 10.2 Å². The van der Waals surface area contributed by atoms with E-state index in [-0.39, 0.29) is 11.8 Å². The van der Waals surface area contributed by atoms with Gasteiger partial charge in [-0.15, -0.1) is 0 Å². The quantitative estimate of drug-likeness (QED) is 0.719. The van der Waals surface area contributed by atoms with Crippen LogP contribution in [0.2, 0.25) is 5.02 Å². The minimum atomic E-state index is -0.0823. The van der Waals surface area contributed by atoms with Crippen molar-refractivity contribution in [3.05, 3.63) is 47.1 Å². The Morgan fingerprint density at radius 2 is 2.27 bits per heavy atom. The number of anilines is 2. The largest absolute Gasteiger partial charge is 0.347 e. The van der Waals surface area contributed by atoms with E-state index in [0.717, 1.165) is 40.4 Å². The second-order valence-electron chi connectivity index (χ2n) is 6.58. The molecule has 1 saturated heterocycles. The molecule has 1 fully saturated rings. The summed E-state index contributed by atoms with van der Waals surface area (Å²) in [5.41, 5.74) is 2.65. The highest BCUT2D eigenvalue weighted by Crippen LogP contribution is 2.31. The fourth-order valence-electron chi connectivity index (χ4n) is 3.21. The first-order valence-corrected chi connectivity index (χ1v) is 9.83. The maximum atomic E-state index is 12.7. The van der Waals surface area contributed by atoms with Crippen LogP contribution in [-0.2, 0) is 4.79 Å². The number of pyridine rings is 1. The molecule has 0 unspecified atom stereocenters. The minimum Gasteiger partial charge on any atom is -0.347 e. The Morgan fingerprint density at radius 1 is 1.38 bits per heavy atom. The molecule has 0 aliphatic carbocycles. The Balaban J connectivity index is 1.48. The van der Waals surface area contributed by atoms with Crippen molar-refractivity contribution in [2.24, 2.45) is 5.92 Å². The number of halogens is 1. The molecule has 1 amide bonds. The number of rotatable bonds is 3. The summed E-state index contributed by atoms with van der Waals surface area (Å²) in [6.07, 6.45) is 3.61. The number of carbonyl (C=O) groups is 1. The first-order valence-electron chi connectivity index (χ1n) is 8.63. The van der Waals surface area contributed by atoms with Crippen molar-refractivity contribution >= 4 is 50.0 Å². The van der Waals surface area contributed by atoms with Gasteiger partial charge in [-0.1, -0.05) is 29.0 Å². The van der Waals surface area contributed by atoms with Gasteiger partial charge in [0.15, 0.2) is 5.13 Å². The number of carbonyl (C=O) groups excluding carboxylic acids is 1. The predicted octanol–water partition coefficient (Wildman–Crippen LogP) is 4.51. The van der Waals surface area contributed by atoms with Crippen LogP contribution in [0.3, 0.4) is 0 Å². The molecule has 0 saturated carbocycles. The average molecular weight is 387 g/mol. The molecule has 0 spiro atoms. The summed E-state index contributed by atoms with van der Waals surface area (Å²) in [6, 6.07) is 9.52. The second kappa shape index (κ2) is 7.21. The molecule has 3 aromatic rings. The van der Waals surface area contributed by atoms with Crippen LogP contribution in [0.5, 0.6) is 0 Å². The maximum Gasteiger partial charge on any atom is 0.229 e. The van der Waals surface area contributed by atoms with Gasteiger partial charge in [0.25, 0.3) is 0 Å². The Morgan fingerprint density at radius 3 is 3.08 bits per heavy atom. The van der Waals surface area contributed by atoms with Crippen molar-refractivity contribution in [3.63, 3.8) is 0 Å². The van der Waals surface area contributed by atoms with Crippen LogP contribution in [0, 0.1) is 12.8 Å². The van der Waals surface area contributed by atoms with E-state index < -0.39 is 0 Å². The third-order valence-corrected chi connectivity index (χ3v) is 5.95. The summed E-state index contributed by atoms with van der Waals surface area (Å²) in [6.45, 7) is 3.55. The molecule has 0 radical (unpaired) electrons. The third kappa shape index (κ3) is 3.52. The highest BCUT2D eigenvalue weighted by atomic mass is 35.5. The van der Waals surface area contributed by atoms with Crippen LogP contribution in [0.1, 0.15) is 18.4 Å². The van der Waals surface area contributed by atoms with Crippen LogP contribution >= 0.6 is 22.9 Å². The number of aromatic nitrogens is 2. The van der Waals surface area contributed by atoms with E-state index in [4.69, 9.17) is 11.6 Å². The van der Waals surface area contributed by atoms with Crippen molar-refractivity contribution in [1.29, 1.82) is 0 Å². The number of nitrogens with one attached hydrogen (secondary N) is 1. The number of amides is 1. The molecule has 4 rings (SSSR count). The Labute approximate surface area is 161 Å². The Bertz CT molecular complexity index is 925. The van der Waals surface area contributed by atoms with Crippen LogP contribution in [-0.4, -0.2) is 29.0 Å². The molecule has 1 aromatic carbocycles. The van der Waals surface area contributed by atoms with Gasteiger partial charge in [-0.05, 0) is 49.6 Å². The van der Waals surface area contributed by atoms with Gasteiger partial charge in [0.1, 0.15) is 10.3 Å². The van der Waals surface area contributed by atoms with Gasteiger partial charge in [-0.2, -0.15) is 0 Å². The number of nitrogens with zero attached hydrogens (tertiary/aromatic N) is 3. The fraction of sp³-hybridized carbons (Fsp3) is 0.316. The molecule has 1 aliphatic heterocycles. The zero-order valence-electron chi connectivity index (χ0n) is 14.4. The number of hydrogen-bond donors (Lipinski definition) is 1. The molecule has 3 heterocycles. The van der Waals surface area contributed by atoms with Gasteiger partial charge in [-0.25, -0.2) is 9.97 Å². The standard InChI is InChI=1S/C19H19ClN4OS/c1-12-6-7-15(14(20)10-12)22-17(25)13-4-3-9-24(11-13)19-23-16-5-2-8-21-18(16)26-19/h2,5-8,10,13H,3-4,9,11H2,1H3,(H,22,25)/t13-/m1/s1. The molecular weight excluding hydrogens is 368 g/mol. The van der Waals surface area contributed by atoms with Gasteiger partial charge in [0.2, 0.25) is 5.91 Å². The summed E-state index contributed by atoms with van der Waals surface area (Å²) in [5.74, 6) is -0.0687. The zero-order valence-corrected chi connectivity index (χ0v) is 16.0. The monoisotopic (exact) mass is 386 g/mol. The summed E-state index contributed by atoms with van der Waals surface area (Å²) in [7, 11) is 0. The first kappa shape index (κ1) is 17.2. The Hall–Kier alpha value is -2.18. The normalized spacial score (nSPS) is 17.5. The molecule has 134 valence electrons. The lowest BCUT2D eigenvalue weighted by Crippen LogP contribution is -2.40. The third-order valence-electron chi connectivity index (χ3n) is 4.60. The van der Waals surface area contributed by atoms with Crippen LogP contribution in [0.4, 0.5) is 10.8 Å². The van der Waals surface area contributed by atoms with Crippen molar-refractivity contribution in [2.45, 2.75) is 19.8 Å². The molecular formula is C19H19ClN4OS. The second-order valence-corrected chi connectivity index (χ2v) is 7.95. The number of hydrogen-bond acceptors (Lipinski definition) is 5. The van der Waals surface area contributed by atoms with Gasteiger partial charge in [0.05, 0.1) is 16.6 Å². The van der Waals surface area contributed by atoms with Crippen LogP contribution in [0.25, 0.3) is 10.3 Å². The summed E-state index contributed by atoms with van der Waals surface area (Å²) < 4.78 is 0. The maximum absolute atomic E-state index is 12.7. The summed E-state index contributed by atoms with van der Waals surface area (Å²) in [5, 5.41) is 4.49. The summed E-state index contributed by atoms with van der Waals surface area (Å²) in [4.78, 5) is 24.9. The van der Waals surface area contributed by atoms with E-state index >= 15 is 0 Å². The molecule has 2 aromatic heterocycles. The highest BCUT2D eigenvalue weighted by molar-refractivity contribution is 7.21. The SMILES string of the molecule is Cc1ccc(NC(=O)[C@@H]2CCCN(c3nc4cccnc4s3)C2)c(Cl)c1. The number of fused-ring (bicyclic) bond motifs is 1. The smallest absolute Gasteiger partial charge is 0.229 e. The molecule has 0 bridgehead atoms. The lowest BCUT2D eigenvalue weighted by molar-refractivity contribution is -0.120. The molecule has 1 atom stereocenters. The zero-order chi connectivity index (χ0) is 18.1. The molecule has 1 aliphatic rings. The van der Waals surface area contributed by atoms with E-state index in [1.807, 2.05) is 37.3 Å². The van der Waals surface area contributed by atoms with Crippen molar-refractivity contribution in [3.8, 4) is 0 Å². The van der Waals surface area contributed by atoms with Gasteiger partial charge in [0, 0.05) is 19.3 Å². The van der Waals surface area contributed by atoms with Crippen molar-refractivity contribution < 1.29 is 4.79 Å². The molecule has 7 heteroatoms. The van der Waals surface area contributed by atoms with E-state index in [2.05, 4.69) is 20.2 Å². The van der Waals surface area contributed by atoms with E-state index in [1.165, 1.54) is 0 Å².